The summed E-state index contributed by atoms with van der Waals surface area (Å²) in [5.41, 5.74) is 0.615. The van der Waals surface area contributed by atoms with E-state index < -0.39 is 12.1 Å². The van der Waals surface area contributed by atoms with Crippen LogP contribution >= 0.6 is 0 Å². The molecule has 0 aliphatic rings. The van der Waals surface area contributed by atoms with Crippen molar-refractivity contribution < 1.29 is 14.6 Å². The molecule has 3 nitrogen and oxygen atoms in total. The number of rotatable bonds is 4. The third-order valence-electron chi connectivity index (χ3n) is 1.65. The molecule has 1 unspecified atom stereocenters. The summed E-state index contributed by atoms with van der Waals surface area (Å²) < 4.78 is 5.03. The van der Waals surface area contributed by atoms with Gasteiger partial charge in [0.15, 0.2) is 6.10 Å². The Balaban J connectivity index is 2.82. The summed E-state index contributed by atoms with van der Waals surface area (Å²) in [4.78, 5) is 10.7. The van der Waals surface area contributed by atoms with E-state index in [1.165, 1.54) is 0 Å². The van der Waals surface area contributed by atoms with Gasteiger partial charge < -0.3 is 4.74 Å². The van der Waals surface area contributed by atoms with E-state index >= 15 is 0 Å². The summed E-state index contributed by atoms with van der Waals surface area (Å²) in [6.07, 6.45) is -0.953. The number of carbonyl (C=O) groups is 1. The van der Waals surface area contributed by atoms with E-state index in [9.17, 15) is 9.90 Å². The zero-order valence-corrected chi connectivity index (χ0v) is 7.40. The third kappa shape index (κ3) is 2.56. The zero-order chi connectivity index (χ0) is 9.68. The van der Waals surface area contributed by atoms with Crippen molar-refractivity contribution in [2.24, 2.45) is 0 Å². The van der Waals surface area contributed by atoms with Crippen LogP contribution in [0.4, 0.5) is 0 Å². The number of benzene rings is 1. The second kappa shape index (κ2) is 4.62. The molecule has 0 heterocycles. The molecule has 1 aromatic rings. The lowest BCUT2D eigenvalue weighted by Gasteiger charge is -2.10. The van der Waals surface area contributed by atoms with Crippen LogP contribution in [0.1, 0.15) is 18.6 Å². The van der Waals surface area contributed by atoms with E-state index in [1.807, 2.05) is 6.07 Å². The Morgan fingerprint density at radius 2 is 2.00 bits per heavy atom. The molecular formula is C10H11O3. The molecule has 69 valence electrons. The van der Waals surface area contributed by atoms with Gasteiger partial charge in [-0.15, -0.1) is 0 Å². The maximum Gasteiger partial charge on any atom is 0.388 e. The van der Waals surface area contributed by atoms with E-state index in [2.05, 4.69) is 0 Å². The van der Waals surface area contributed by atoms with Crippen LogP contribution in [0.15, 0.2) is 30.3 Å². The van der Waals surface area contributed by atoms with Gasteiger partial charge >= 0.3 is 5.97 Å². The van der Waals surface area contributed by atoms with E-state index in [4.69, 9.17) is 4.74 Å². The summed E-state index contributed by atoms with van der Waals surface area (Å²) in [5.74, 6) is -1.20. The van der Waals surface area contributed by atoms with E-state index in [0.29, 0.717) is 12.2 Å². The van der Waals surface area contributed by atoms with E-state index in [-0.39, 0.29) is 0 Å². The highest BCUT2D eigenvalue weighted by atomic mass is 16.5. The van der Waals surface area contributed by atoms with Crippen LogP contribution in [-0.4, -0.2) is 12.6 Å². The van der Waals surface area contributed by atoms with Crippen LogP contribution in [0, 0.1) is 0 Å². The maximum atomic E-state index is 10.7. The number of ether oxygens (including phenoxy) is 1. The van der Waals surface area contributed by atoms with Gasteiger partial charge in [0.05, 0.1) is 0 Å². The van der Waals surface area contributed by atoms with Crippen molar-refractivity contribution in [3.05, 3.63) is 35.9 Å². The van der Waals surface area contributed by atoms with Gasteiger partial charge in [0, 0.05) is 6.61 Å². The van der Waals surface area contributed by atoms with Gasteiger partial charge in [0.25, 0.3) is 0 Å². The van der Waals surface area contributed by atoms with Crippen molar-refractivity contribution in [2.75, 3.05) is 6.61 Å². The summed E-state index contributed by atoms with van der Waals surface area (Å²) in [6.45, 7) is 2.10. The molecule has 0 amide bonds. The van der Waals surface area contributed by atoms with Gasteiger partial charge in [-0.3, -0.25) is 0 Å². The molecule has 0 fully saturated rings. The van der Waals surface area contributed by atoms with E-state index in [1.54, 1.807) is 31.2 Å². The van der Waals surface area contributed by atoms with Crippen molar-refractivity contribution in [3.63, 3.8) is 0 Å². The van der Waals surface area contributed by atoms with Gasteiger partial charge in [0.1, 0.15) is 0 Å². The van der Waals surface area contributed by atoms with Crippen LogP contribution < -0.4 is 0 Å². The lowest BCUT2D eigenvalue weighted by atomic mass is 10.1. The molecule has 13 heavy (non-hydrogen) atoms. The minimum absolute atomic E-state index is 0.355. The molecule has 1 atom stereocenters. The van der Waals surface area contributed by atoms with E-state index in [0.717, 1.165) is 0 Å². The first-order valence-corrected chi connectivity index (χ1v) is 4.13. The Morgan fingerprint density at radius 3 is 2.46 bits per heavy atom. The Hall–Kier alpha value is -1.35. The molecule has 0 spiro atoms. The van der Waals surface area contributed by atoms with Crippen molar-refractivity contribution in [3.8, 4) is 0 Å². The predicted molar refractivity (Wildman–Crippen MR) is 46.5 cm³/mol. The van der Waals surface area contributed by atoms with Gasteiger partial charge in [-0.25, -0.2) is 9.90 Å². The first kappa shape index (κ1) is 9.74. The van der Waals surface area contributed by atoms with Crippen molar-refractivity contribution in [2.45, 2.75) is 13.0 Å². The molecule has 0 aliphatic heterocycles. The first-order valence-electron chi connectivity index (χ1n) is 4.13. The monoisotopic (exact) mass is 179 g/mol. The zero-order valence-electron chi connectivity index (χ0n) is 7.40. The molecule has 0 saturated heterocycles. The summed E-state index contributed by atoms with van der Waals surface area (Å²) >= 11 is 0. The van der Waals surface area contributed by atoms with Crippen LogP contribution in [0.5, 0.6) is 0 Å². The van der Waals surface area contributed by atoms with Crippen LogP contribution in [0.3, 0.4) is 0 Å². The highest BCUT2D eigenvalue weighted by Gasteiger charge is 2.20. The van der Waals surface area contributed by atoms with Gasteiger partial charge in [0.2, 0.25) is 0 Å². The minimum Gasteiger partial charge on any atom is -0.362 e. The fourth-order valence-electron chi connectivity index (χ4n) is 1.09. The van der Waals surface area contributed by atoms with Gasteiger partial charge in [-0.2, -0.15) is 0 Å². The summed E-state index contributed by atoms with van der Waals surface area (Å²) in [7, 11) is 0. The Bertz CT molecular complexity index is 269. The van der Waals surface area contributed by atoms with Gasteiger partial charge in [-0.05, 0) is 12.5 Å². The average molecular weight is 179 g/mol. The lowest BCUT2D eigenvalue weighted by molar-refractivity contribution is -0.157. The molecule has 3 heteroatoms. The lowest BCUT2D eigenvalue weighted by Crippen LogP contribution is -2.13. The number of carbonyl (C=O) groups excluding carboxylic acids is 1. The minimum atomic E-state index is -1.20. The standard InChI is InChI=1S/C10H11O3/c1-2-13-9(10(11)12)8-6-4-3-5-7-8/h3-7,9H,2H2,1H3. The van der Waals surface area contributed by atoms with Gasteiger partial charge in [-0.1, -0.05) is 30.3 Å². The summed E-state index contributed by atoms with van der Waals surface area (Å²) in [6, 6.07) is 8.77. The van der Waals surface area contributed by atoms with Crippen molar-refractivity contribution in [1.29, 1.82) is 0 Å². The Morgan fingerprint density at radius 1 is 1.38 bits per heavy atom. The molecule has 0 bridgehead atoms. The van der Waals surface area contributed by atoms with Crippen LogP contribution in [0.2, 0.25) is 0 Å². The highest BCUT2D eigenvalue weighted by Crippen LogP contribution is 2.16. The average Bonchev–Trinajstić information content (AvgIpc) is 2.15. The second-order valence-electron chi connectivity index (χ2n) is 2.57. The molecule has 0 aliphatic carbocycles. The number of hydrogen-bond acceptors (Lipinski definition) is 2. The first-order chi connectivity index (χ1) is 6.25. The molecule has 0 aromatic heterocycles. The predicted octanol–water partition coefficient (Wildman–Crippen LogP) is 1.72. The maximum absolute atomic E-state index is 10.7. The molecule has 0 saturated carbocycles. The molecule has 1 rings (SSSR count). The molecule has 1 radical (unpaired) electrons. The quantitative estimate of drug-likeness (QED) is 0.706. The normalized spacial score (nSPS) is 12.4. The topological polar surface area (TPSA) is 46.2 Å². The largest absolute Gasteiger partial charge is 0.388 e. The second-order valence-corrected chi connectivity index (χ2v) is 2.57. The van der Waals surface area contributed by atoms with Crippen molar-refractivity contribution in [1.82, 2.24) is 0 Å². The highest BCUT2D eigenvalue weighted by molar-refractivity contribution is 5.73. The molecule has 0 N–H and O–H groups in total. The Labute approximate surface area is 77.0 Å². The summed E-state index contributed by atoms with van der Waals surface area (Å²) in [5, 5.41) is 10.7. The smallest absolute Gasteiger partial charge is 0.362 e. The van der Waals surface area contributed by atoms with Crippen LogP contribution in [-0.2, 0) is 14.6 Å². The SMILES string of the molecule is CCOC(C([O])=O)c1ccccc1. The fourth-order valence-corrected chi connectivity index (χ4v) is 1.09. The van der Waals surface area contributed by atoms with Crippen LogP contribution in [0.25, 0.3) is 0 Å². The van der Waals surface area contributed by atoms with Crippen molar-refractivity contribution >= 4 is 5.97 Å². The molecule has 1 aromatic carbocycles. The fraction of sp³-hybridized carbons (Fsp3) is 0.300. The molecular weight excluding hydrogens is 168 g/mol. The Kier molecular flexibility index (Phi) is 3.46. The third-order valence-corrected chi connectivity index (χ3v) is 1.65. The number of hydrogen-bond donors (Lipinski definition) is 0.